The van der Waals surface area contributed by atoms with E-state index in [-0.39, 0.29) is 12.2 Å². The molecule has 0 aliphatic heterocycles. The Morgan fingerprint density at radius 1 is 1.29 bits per heavy atom. The number of halogens is 1. The lowest BCUT2D eigenvalue weighted by Gasteiger charge is -2.22. The summed E-state index contributed by atoms with van der Waals surface area (Å²) in [6.07, 6.45) is 4.24. The number of carbonyl (C=O) groups is 2. The number of thiophene rings is 1. The third kappa shape index (κ3) is 6.09. The topological polar surface area (TPSA) is 94.8 Å². The maximum absolute atomic E-state index is 12.9. The zero-order valence-corrected chi connectivity index (χ0v) is 21.0. The van der Waals surface area contributed by atoms with E-state index in [0.29, 0.717) is 32.1 Å². The van der Waals surface area contributed by atoms with Crippen molar-refractivity contribution in [3.8, 4) is 11.8 Å². The molecule has 1 aromatic carbocycles. The Labute approximate surface area is 209 Å². The molecule has 5 nitrogen and oxygen atoms in total. The Balaban J connectivity index is 1.62. The number of aliphatic hydroxyl groups is 2. The SMILES string of the molecule is CC1(C)C(=O)[C@H](CC#CCCCC(=O)O)[C@@H](/C=C/C(O)CCc2sc3ccccc3c2Cl)[C@@H]1O. The van der Waals surface area contributed by atoms with E-state index in [0.717, 1.165) is 20.0 Å². The molecule has 2 aromatic rings. The van der Waals surface area contributed by atoms with E-state index in [4.69, 9.17) is 16.7 Å². The first-order valence-electron chi connectivity index (χ1n) is 11.5. The Morgan fingerprint density at radius 3 is 2.74 bits per heavy atom. The first-order valence-corrected chi connectivity index (χ1v) is 12.7. The molecule has 1 aliphatic rings. The molecule has 1 fully saturated rings. The molecule has 0 radical (unpaired) electrons. The summed E-state index contributed by atoms with van der Waals surface area (Å²) in [4.78, 5) is 24.5. The second kappa shape index (κ2) is 11.5. The normalized spacial score (nSPS) is 22.7. The van der Waals surface area contributed by atoms with E-state index in [2.05, 4.69) is 11.8 Å². The number of Topliss-reactive ketones (excluding diaryl/α,β-unsaturated/α-hetero) is 1. The molecule has 0 bridgehead atoms. The molecule has 1 aromatic heterocycles. The van der Waals surface area contributed by atoms with Crippen LogP contribution in [0.4, 0.5) is 0 Å². The van der Waals surface area contributed by atoms with Crippen molar-refractivity contribution in [2.75, 3.05) is 0 Å². The lowest BCUT2D eigenvalue weighted by atomic mass is 9.86. The molecule has 1 unspecified atom stereocenters. The standard InChI is InChI=1S/C27H31ClO5S/c1-27(2)25(32)18(9-5-3-4-6-12-23(30)31)19(26(27)33)15-13-17(29)14-16-22-24(28)20-10-7-8-11-21(20)34-22/h7-8,10-11,13,15,17-19,26,29,33H,4,6,9,12,14,16H2,1-2H3,(H,30,31)/b15-13+/t17?,18-,19-,26+/m1/s1. The summed E-state index contributed by atoms with van der Waals surface area (Å²) in [5, 5.41) is 31.8. The van der Waals surface area contributed by atoms with E-state index < -0.39 is 35.4 Å². The lowest BCUT2D eigenvalue weighted by molar-refractivity contribution is -0.137. The molecular formula is C27H31ClO5S. The lowest BCUT2D eigenvalue weighted by Crippen LogP contribution is -2.31. The molecular weight excluding hydrogens is 472 g/mol. The van der Waals surface area contributed by atoms with E-state index >= 15 is 0 Å². The van der Waals surface area contributed by atoms with Crippen molar-refractivity contribution in [3.63, 3.8) is 0 Å². The van der Waals surface area contributed by atoms with E-state index in [1.807, 2.05) is 24.3 Å². The molecule has 182 valence electrons. The quantitative estimate of drug-likeness (QED) is 0.247. The average Bonchev–Trinajstić information content (AvgIpc) is 3.20. The number of rotatable bonds is 9. The molecule has 0 saturated heterocycles. The van der Waals surface area contributed by atoms with Crippen molar-refractivity contribution >= 4 is 44.8 Å². The number of unbranched alkanes of at least 4 members (excludes halogenated alkanes) is 1. The van der Waals surface area contributed by atoms with Crippen molar-refractivity contribution in [3.05, 3.63) is 46.3 Å². The van der Waals surface area contributed by atoms with Crippen LogP contribution in [0, 0.1) is 29.1 Å². The zero-order chi connectivity index (χ0) is 24.9. The molecule has 0 amide bonds. The molecule has 1 saturated carbocycles. The van der Waals surface area contributed by atoms with Crippen LogP contribution in [-0.2, 0) is 16.0 Å². The van der Waals surface area contributed by atoms with Crippen LogP contribution in [0.2, 0.25) is 5.02 Å². The van der Waals surface area contributed by atoms with Crippen LogP contribution >= 0.6 is 22.9 Å². The molecule has 1 aliphatic carbocycles. The summed E-state index contributed by atoms with van der Waals surface area (Å²) >= 11 is 8.13. The number of carboxylic acid groups (broad SMARTS) is 1. The van der Waals surface area contributed by atoms with Crippen molar-refractivity contribution in [1.82, 2.24) is 0 Å². The molecule has 1 heterocycles. The van der Waals surface area contributed by atoms with Crippen LogP contribution in [-0.4, -0.2) is 39.3 Å². The minimum atomic E-state index is -0.889. The maximum Gasteiger partial charge on any atom is 0.303 e. The van der Waals surface area contributed by atoms with E-state index in [1.165, 1.54) is 0 Å². The molecule has 4 atom stereocenters. The van der Waals surface area contributed by atoms with Gasteiger partial charge in [0.15, 0.2) is 0 Å². The third-order valence-electron chi connectivity index (χ3n) is 6.50. The van der Waals surface area contributed by atoms with Gasteiger partial charge in [0.1, 0.15) is 5.78 Å². The summed E-state index contributed by atoms with van der Waals surface area (Å²) in [5.41, 5.74) is -0.889. The zero-order valence-electron chi connectivity index (χ0n) is 19.5. The van der Waals surface area contributed by atoms with Gasteiger partial charge >= 0.3 is 5.97 Å². The summed E-state index contributed by atoms with van der Waals surface area (Å²) < 4.78 is 1.12. The molecule has 34 heavy (non-hydrogen) atoms. The first kappa shape index (κ1) is 26.4. The molecule has 3 N–H and O–H groups in total. The second-order valence-electron chi connectivity index (χ2n) is 9.35. The minimum Gasteiger partial charge on any atom is -0.481 e. The highest BCUT2D eigenvalue weighted by Gasteiger charge is 2.53. The molecule has 7 heteroatoms. The van der Waals surface area contributed by atoms with Gasteiger partial charge in [0, 0.05) is 46.1 Å². The van der Waals surface area contributed by atoms with Crippen LogP contribution < -0.4 is 0 Å². The van der Waals surface area contributed by atoms with E-state index in [1.54, 1.807) is 37.3 Å². The van der Waals surface area contributed by atoms with Gasteiger partial charge in [0.25, 0.3) is 0 Å². The van der Waals surface area contributed by atoms with Crippen molar-refractivity contribution in [2.45, 2.75) is 64.6 Å². The number of aliphatic hydroxyl groups excluding tert-OH is 2. The summed E-state index contributed by atoms with van der Waals surface area (Å²) in [5.74, 6) is 4.14. The van der Waals surface area contributed by atoms with Crippen LogP contribution in [0.25, 0.3) is 10.1 Å². The maximum atomic E-state index is 12.9. The Hall–Kier alpha value is -2.17. The average molecular weight is 503 g/mol. The molecule has 0 spiro atoms. The fraction of sp³-hybridized carbons (Fsp3) is 0.481. The minimum absolute atomic E-state index is 0.0407. The van der Waals surface area contributed by atoms with Gasteiger partial charge in [-0.05, 0) is 25.3 Å². The van der Waals surface area contributed by atoms with Crippen molar-refractivity contribution in [1.29, 1.82) is 0 Å². The number of benzene rings is 1. The smallest absolute Gasteiger partial charge is 0.303 e. The Bertz CT molecular complexity index is 1120. The first-order chi connectivity index (χ1) is 16.1. The van der Waals surface area contributed by atoms with Crippen LogP contribution in [0.15, 0.2) is 36.4 Å². The monoisotopic (exact) mass is 502 g/mol. The predicted octanol–water partition coefficient (Wildman–Crippen LogP) is 5.26. The number of carbonyl (C=O) groups excluding carboxylic acids is 1. The van der Waals surface area contributed by atoms with Crippen LogP contribution in [0.3, 0.4) is 0 Å². The number of fused-ring (bicyclic) bond motifs is 1. The second-order valence-corrected chi connectivity index (χ2v) is 10.9. The third-order valence-corrected chi connectivity index (χ3v) is 8.28. The van der Waals surface area contributed by atoms with Gasteiger partial charge < -0.3 is 15.3 Å². The number of aryl methyl sites for hydroxylation is 1. The number of carboxylic acids is 1. The van der Waals surface area contributed by atoms with Gasteiger partial charge in [-0.3, -0.25) is 9.59 Å². The highest BCUT2D eigenvalue weighted by Crippen LogP contribution is 2.44. The Kier molecular flexibility index (Phi) is 8.95. The predicted molar refractivity (Wildman–Crippen MR) is 136 cm³/mol. The number of hydrogen-bond acceptors (Lipinski definition) is 5. The van der Waals surface area contributed by atoms with Gasteiger partial charge in [0.2, 0.25) is 0 Å². The number of ketones is 1. The van der Waals surface area contributed by atoms with Gasteiger partial charge in [-0.25, -0.2) is 0 Å². The summed E-state index contributed by atoms with van der Waals surface area (Å²) in [7, 11) is 0. The van der Waals surface area contributed by atoms with Crippen molar-refractivity contribution in [2.24, 2.45) is 17.3 Å². The highest BCUT2D eigenvalue weighted by atomic mass is 35.5. The van der Waals surface area contributed by atoms with Crippen LogP contribution in [0.5, 0.6) is 0 Å². The van der Waals surface area contributed by atoms with Gasteiger partial charge in [-0.1, -0.05) is 55.8 Å². The fourth-order valence-electron chi connectivity index (χ4n) is 4.42. The van der Waals surface area contributed by atoms with Crippen molar-refractivity contribution < 1.29 is 24.9 Å². The van der Waals surface area contributed by atoms with Gasteiger partial charge in [-0.15, -0.1) is 23.2 Å². The van der Waals surface area contributed by atoms with E-state index in [9.17, 15) is 19.8 Å². The fourth-order valence-corrected chi connectivity index (χ4v) is 5.97. The molecule has 3 rings (SSSR count). The van der Waals surface area contributed by atoms with Gasteiger partial charge in [-0.2, -0.15) is 0 Å². The number of hydrogen-bond donors (Lipinski definition) is 3. The van der Waals surface area contributed by atoms with Crippen LogP contribution in [0.1, 0.15) is 50.8 Å². The largest absolute Gasteiger partial charge is 0.481 e. The summed E-state index contributed by atoms with van der Waals surface area (Å²) in [6.45, 7) is 3.47. The summed E-state index contributed by atoms with van der Waals surface area (Å²) in [6, 6.07) is 7.95. The van der Waals surface area contributed by atoms with Gasteiger partial charge in [0.05, 0.1) is 22.6 Å². The number of aliphatic carboxylic acids is 1. The Morgan fingerprint density at radius 2 is 2.03 bits per heavy atom. The highest BCUT2D eigenvalue weighted by molar-refractivity contribution is 7.19.